The third kappa shape index (κ3) is 1.39. The summed E-state index contributed by atoms with van der Waals surface area (Å²) in [6.07, 6.45) is -6.22. The Balaban J connectivity index is 3.00. The molecule has 82 valence electrons. The first kappa shape index (κ1) is 11.3. The average Bonchev–Trinajstić information content (AvgIpc) is 2.11. The van der Waals surface area contributed by atoms with Gasteiger partial charge in [0.1, 0.15) is 12.2 Å². The molecule has 1 saturated heterocycles. The van der Waals surface area contributed by atoms with Crippen molar-refractivity contribution in [2.24, 2.45) is 5.73 Å². The van der Waals surface area contributed by atoms with Crippen molar-refractivity contribution in [1.82, 2.24) is 0 Å². The summed E-state index contributed by atoms with van der Waals surface area (Å²) in [6, 6.07) is 0. The van der Waals surface area contributed by atoms with Crippen molar-refractivity contribution in [3.63, 3.8) is 0 Å². The Morgan fingerprint density at radius 3 is 2.36 bits per heavy atom. The lowest BCUT2D eigenvalue weighted by Crippen LogP contribution is -2.70. The van der Waals surface area contributed by atoms with E-state index in [4.69, 9.17) is 5.73 Å². The smallest absolute Gasteiger partial charge is 0.257 e. The van der Waals surface area contributed by atoms with E-state index in [0.29, 0.717) is 0 Å². The molecule has 14 heavy (non-hydrogen) atoms. The second-order valence-electron chi connectivity index (χ2n) is 3.32. The van der Waals surface area contributed by atoms with E-state index in [1.807, 2.05) is 0 Å². The quantitative estimate of drug-likeness (QED) is 0.305. The number of aliphatic hydroxyl groups excluding tert-OH is 3. The van der Waals surface area contributed by atoms with Gasteiger partial charge < -0.3 is 30.9 Å². The normalized spacial score (nSPS) is 48.9. The predicted molar refractivity (Wildman–Crippen MR) is 42.7 cm³/mol. The summed E-state index contributed by atoms with van der Waals surface area (Å²) >= 11 is 0. The van der Waals surface area contributed by atoms with Gasteiger partial charge in [-0.1, -0.05) is 0 Å². The first-order chi connectivity index (χ1) is 6.31. The Hall–Kier alpha value is -0.730. The van der Waals surface area contributed by atoms with Crippen molar-refractivity contribution in [3.8, 4) is 0 Å². The fourth-order valence-electron chi connectivity index (χ4n) is 1.32. The third-order valence-corrected chi connectivity index (χ3v) is 2.37. The molecule has 0 aliphatic carbocycles. The molecule has 0 aromatic rings. The maximum Gasteiger partial charge on any atom is 0.257 e. The van der Waals surface area contributed by atoms with Crippen molar-refractivity contribution in [3.05, 3.63) is 0 Å². The highest BCUT2D eigenvalue weighted by atomic mass is 16.6. The molecule has 1 unspecified atom stereocenters. The van der Waals surface area contributed by atoms with Crippen LogP contribution < -0.4 is 5.73 Å². The molecule has 0 bridgehead atoms. The van der Waals surface area contributed by atoms with Crippen LogP contribution in [0.25, 0.3) is 0 Å². The Kier molecular flexibility index (Phi) is 2.79. The van der Waals surface area contributed by atoms with Gasteiger partial charge in [-0.15, -0.1) is 0 Å². The number of aliphatic hydroxyl groups is 4. The highest BCUT2D eigenvalue weighted by Crippen LogP contribution is 2.28. The molecule has 7 nitrogen and oxygen atoms in total. The van der Waals surface area contributed by atoms with E-state index in [1.165, 1.54) is 6.92 Å². The van der Waals surface area contributed by atoms with Crippen LogP contribution in [0.4, 0.5) is 0 Å². The van der Waals surface area contributed by atoms with Gasteiger partial charge in [-0.25, -0.2) is 0 Å². The molecule has 1 aliphatic rings. The molecule has 0 spiro atoms. The number of hydrogen-bond acceptors (Lipinski definition) is 6. The third-order valence-electron chi connectivity index (χ3n) is 2.37. The topological polar surface area (TPSA) is 133 Å². The van der Waals surface area contributed by atoms with Crippen LogP contribution in [-0.2, 0) is 9.53 Å². The molecule has 7 heteroatoms. The zero-order chi connectivity index (χ0) is 11.1. The zero-order valence-corrected chi connectivity index (χ0v) is 7.49. The standard InChI is InChI=1S/C7H13NO6/c1-2-3(9)4(10)7(13,5(8)11)6(12)14-2/h2-4,6,9-10,12-13H,1H3,(H2,8,11)/t2-,3+,4+,6?,7+/m0/s1. The Morgan fingerprint density at radius 2 is 1.93 bits per heavy atom. The van der Waals surface area contributed by atoms with Crippen LogP contribution in [0, 0.1) is 0 Å². The van der Waals surface area contributed by atoms with E-state index in [1.54, 1.807) is 0 Å². The number of ether oxygens (including phenoxy) is 1. The van der Waals surface area contributed by atoms with Crippen LogP contribution in [0.2, 0.25) is 0 Å². The summed E-state index contributed by atoms with van der Waals surface area (Å²) in [7, 11) is 0. The Labute approximate surface area is 79.7 Å². The van der Waals surface area contributed by atoms with E-state index >= 15 is 0 Å². The second kappa shape index (κ2) is 3.44. The lowest BCUT2D eigenvalue weighted by Gasteiger charge is -2.43. The average molecular weight is 207 g/mol. The van der Waals surface area contributed by atoms with Gasteiger partial charge in [0.2, 0.25) is 5.60 Å². The number of hydrogen-bond donors (Lipinski definition) is 5. The minimum Gasteiger partial charge on any atom is -0.388 e. The minimum atomic E-state index is -2.67. The number of rotatable bonds is 1. The highest BCUT2D eigenvalue weighted by Gasteiger charge is 2.57. The lowest BCUT2D eigenvalue weighted by atomic mass is 9.86. The fourth-order valence-corrected chi connectivity index (χ4v) is 1.32. The van der Waals surface area contributed by atoms with Gasteiger partial charge >= 0.3 is 0 Å². The van der Waals surface area contributed by atoms with E-state index in [0.717, 1.165) is 0 Å². The van der Waals surface area contributed by atoms with E-state index in [2.05, 4.69) is 4.74 Å². The minimum absolute atomic E-state index is 0.903. The van der Waals surface area contributed by atoms with Crippen molar-refractivity contribution in [2.45, 2.75) is 37.1 Å². The first-order valence-electron chi connectivity index (χ1n) is 4.03. The molecular weight excluding hydrogens is 194 g/mol. The molecule has 1 heterocycles. The summed E-state index contributed by atoms with van der Waals surface area (Å²) in [5.41, 5.74) is 2.12. The highest BCUT2D eigenvalue weighted by molar-refractivity contribution is 5.84. The van der Waals surface area contributed by atoms with E-state index in [9.17, 15) is 25.2 Å². The van der Waals surface area contributed by atoms with Crippen molar-refractivity contribution >= 4 is 5.91 Å². The molecule has 0 aromatic heterocycles. The molecule has 1 fully saturated rings. The van der Waals surface area contributed by atoms with Crippen molar-refractivity contribution < 1.29 is 30.0 Å². The number of amides is 1. The summed E-state index contributed by atoms with van der Waals surface area (Å²) in [4.78, 5) is 10.8. The molecule has 6 N–H and O–H groups in total. The zero-order valence-electron chi connectivity index (χ0n) is 7.49. The largest absolute Gasteiger partial charge is 0.388 e. The van der Waals surface area contributed by atoms with Crippen LogP contribution in [0.1, 0.15) is 6.92 Å². The SMILES string of the molecule is C[C@@H]1OC(O)[C@](O)(C(N)=O)[C@H](O)[C@@H]1O. The number of carbonyl (C=O) groups is 1. The van der Waals surface area contributed by atoms with Crippen LogP contribution >= 0.6 is 0 Å². The van der Waals surface area contributed by atoms with Crippen LogP contribution in [0.3, 0.4) is 0 Å². The van der Waals surface area contributed by atoms with Crippen LogP contribution in [-0.4, -0.2) is 56.5 Å². The predicted octanol–water partition coefficient (Wildman–Crippen LogP) is -3.34. The van der Waals surface area contributed by atoms with Gasteiger partial charge in [0.05, 0.1) is 6.10 Å². The molecule has 5 atom stereocenters. The molecule has 0 radical (unpaired) electrons. The second-order valence-corrected chi connectivity index (χ2v) is 3.32. The van der Waals surface area contributed by atoms with Gasteiger partial charge in [-0.05, 0) is 6.92 Å². The maximum absolute atomic E-state index is 10.8. The summed E-state index contributed by atoms with van der Waals surface area (Å²) in [6.45, 7) is 1.37. The Bertz CT molecular complexity index is 246. The van der Waals surface area contributed by atoms with Gasteiger partial charge in [0.15, 0.2) is 6.29 Å². The fraction of sp³-hybridized carbons (Fsp3) is 0.857. The van der Waals surface area contributed by atoms with Crippen LogP contribution in [0.5, 0.6) is 0 Å². The summed E-state index contributed by atoms with van der Waals surface area (Å²) in [5, 5.41) is 37.4. The first-order valence-corrected chi connectivity index (χ1v) is 4.03. The molecule has 0 saturated carbocycles. The molecular formula is C7H13NO6. The monoisotopic (exact) mass is 207 g/mol. The van der Waals surface area contributed by atoms with E-state index in [-0.39, 0.29) is 0 Å². The maximum atomic E-state index is 10.8. The molecule has 1 rings (SSSR count). The van der Waals surface area contributed by atoms with Gasteiger partial charge in [0, 0.05) is 0 Å². The molecule has 1 amide bonds. The van der Waals surface area contributed by atoms with Crippen molar-refractivity contribution in [2.75, 3.05) is 0 Å². The Morgan fingerprint density at radius 1 is 1.43 bits per heavy atom. The van der Waals surface area contributed by atoms with Gasteiger partial charge in [-0.3, -0.25) is 4.79 Å². The lowest BCUT2D eigenvalue weighted by molar-refractivity contribution is -0.309. The van der Waals surface area contributed by atoms with Crippen LogP contribution in [0.15, 0.2) is 0 Å². The number of primary amides is 1. The number of nitrogens with two attached hydrogens (primary N) is 1. The molecule has 0 aromatic carbocycles. The van der Waals surface area contributed by atoms with E-state index < -0.39 is 36.1 Å². The summed E-state index contributed by atoms with van der Waals surface area (Å²) in [5.74, 6) is -1.36. The van der Waals surface area contributed by atoms with Gasteiger partial charge in [-0.2, -0.15) is 0 Å². The van der Waals surface area contributed by atoms with Gasteiger partial charge in [0.25, 0.3) is 5.91 Å². The molecule has 1 aliphatic heterocycles. The van der Waals surface area contributed by atoms with Crippen molar-refractivity contribution in [1.29, 1.82) is 0 Å². The summed E-state index contributed by atoms with van der Waals surface area (Å²) < 4.78 is 4.64. The number of carbonyl (C=O) groups excluding carboxylic acids is 1.